The Balaban J connectivity index is 3.17. The first-order valence-electron chi connectivity index (χ1n) is 3.22. The SMILES string of the molecule is O=C(O)Cc1c(Cl)cnc(Cl)c1Cl. The van der Waals surface area contributed by atoms with Crippen LogP contribution in [0.2, 0.25) is 15.2 Å². The molecule has 0 bridgehead atoms. The molecule has 0 radical (unpaired) electrons. The average molecular weight is 240 g/mol. The van der Waals surface area contributed by atoms with Gasteiger partial charge in [-0.15, -0.1) is 0 Å². The molecule has 0 unspecified atom stereocenters. The maximum absolute atomic E-state index is 10.4. The molecule has 0 amide bonds. The van der Waals surface area contributed by atoms with Gasteiger partial charge in [-0.1, -0.05) is 34.8 Å². The highest BCUT2D eigenvalue weighted by atomic mass is 35.5. The van der Waals surface area contributed by atoms with E-state index in [9.17, 15) is 4.79 Å². The maximum atomic E-state index is 10.4. The third-order valence-corrected chi connectivity index (χ3v) is 2.47. The highest BCUT2D eigenvalue weighted by Crippen LogP contribution is 2.29. The van der Waals surface area contributed by atoms with Gasteiger partial charge >= 0.3 is 5.97 Å². The smallest absolute Gasteiger partial charge is 0.307 e. The quantitative estimate of drug-likeness (QED) is 0.809. The minimum Gasteiger partial charge on any atom is -0.481 e. The fraction of sp³-hybridized carbons (Fsp3) is 0.143. The van der Waals surface area contributed by atoms with Gasteiger partial charge in [0.15, 0.2) is 0 Å². The van der Waals surface area contributed by atoms with Crippen LogP contribution in [0.3, 0.4) is 0 Å². The Morgan fingerprint density at radius 1 is 1.46 bits per heavy atom. The Hall–Kier alpha value is -0.510. The van der Waals surface area contributed by atoms with Gasteiger partial charge in [-0.05, 0) is 0 Å². The van der Waals surface area contributed by atoms with Crippen LogP contribution in [0.25, 0.3) is 0 Å². The van der Waals surface area contributed by atoms with Crippen molar-refractivity contribution in [2.75, 3.05) is 0 Å². The van der Waals surface area contributed by atoms with Gasteiger partial charge < -0.3 is 5.11 Å². The summed E-state index contributed by atoms with van der Waals surface area (Å²) in [6.45, 7) is 0. The van der Waals surface area contributed by atoms with Gasteiger partial charge in [0.05, 0.1) is 16.5 Å². The fourth-order valence-electron chi connectivity index (χ4n) is 0.791. The number of carboxylic acids is 1. The van der Waals surface area contributed by atoms with Crippen LogP contribution in [0.5, 0.6) is 0 Å². The zero-order valence-electron chi connectivity index (χ0n) is 6.22. The topological polar surface area (TPSA) is 50.2 Å². The van der Waals surface area contributed by atoms with Gasteiger partial charge in [0, 0.05) is 11.8 Å². The van der Waals surface area contributed by atoms with E-state index in [0.29, 0.717) is 0 Å². The van der Waals surface area contributed by atoms with Crippen molar-refractivity contribution in [3.05, 3.63) is 27.0 Å². The van der Waals surface area contributed by atoms with Crippen molar-refractivity contribution in [2.24, 2.45) is 0 Å². The Labute approximate surface area is 89.2 Å². The summed E-state index contributed by atoms with van der Waals surface area (Å²) < 4.78 is 0. The van der Waals surface area contributed by atoms with Crippen molar-refractivity contribution in [3.63, 3.8) is 0 Å². The lowest BCUT2D eigenvalue weighted by molar-refractivity contribution is -0.136. The maximum Gasteiger partial charge on any atom is 0.307 e. The number of rotatable bonds is 2. The summed E-state index contributed by atoms with van der Waals surface area (Å²) in [6, 6.07) is 0. The summed E-state index contributed by atoms with van der Waals surface area (Å²) in [7, 11) is 0. The van der Waals surface area contributed by atoms with E-state index in [1.165, 1.54) is 6.20 Å². The van der Waals surface area contributed by atoms with Crippen molar-refractivity contribution >= 4 is 40.8 Å². The van der Waals surface area contributed by atoms with Gasteiger partial charge in [0.25, 0.3) is 0 Å². The monoisotopic (exact) mass is 239 g/mol. The minimum atomic E-state index is -1.02. The highest BCUT2D eigenvalue weighted by molar-refractivity contribution is 6.43. The molecule has 1 aromatic rings. The zero-order chi connectivity index (χ0) is 10.0. The first kappa shape index (κ1) is 10.6. The summed E-state index contributed by atoms with van der Waals surface area (Å²) in [5.41, 5.74) is 0.288. The summed E-state index contributed by atoms with van der Waals surface area (Å²) >= 11 is 17.0. The molecule has 1 N–H and O–H groups in total. The number of aromatic nitrogens is 1. The zero-order valence-corrected chi connectivity index (χ0v) is 8.49. The van der Waals surface area contributed by atoms with E-state index in [2.05, 4.69) is 4.98 Å². The van der Waals surface area contributed by atoms with Gasteiger partial charge in [-0.25, -0.2) is 4.98 Å². The molecular formula is C7H4Cl3NO2. The van der Waals surface area contributed by atoms with Crippen LogP contribution < -0.4 is 0 Å². The predicted molar refractivity (Wildman–Crippen MR) is 50.6 cm³/mol. The van der Waals surface area contributed by atoms with Gasteiger partial charge in [0.1, 0.15) is 5.15 Å². The molecule has 70 valence electrons. The lowest BCUT2D eigenvalue weighted by Gasteiger charge is -2.04. The molecule has 6 heteroatoms. The first-order valence-corrected chi connectivity index (χ1v) is 4.36. The second kappa shape index (κ2) is 4.13. The number of pyridine rings is 1. The first-order chi connectivity index (χ1) is 6.02. The van der Waals surface area contributed by atoms with E-state index in [4.69, 9.17) is 39.9 Å². The molecule has 1 aromatic heterocycles. The minimum absolute atomic E-state index is 0.0577. The van der Waals surface area contributed by atoms with Crippen LogP contribution in [0.1, 0.15) is 5.56 Å². The van der Waals surface area contributed by atoms with Gasteiger partial charge in [0.2, 0.25) is 0 Å². The van der Waals surface area contributed by atoms with E-state index in [0.717, 1.165) is 0 Å². The predicted octanol–water partition coefficient (Wildman–Crippen LogP) is 2.67. The molecule has 0 aromatic carbocycles. The van der Waals surface area contributed by atoms with E-state index in [-0.39, 0.29) is 27.2 Å². The molecule has 1 heterocycles. The second-order valence-corrected chi connectivity index (χ2v) is 3.40. The largest absolute Gasteiger partial charge is 0.481 e. The number of aliphatic carboxylic acids is 1. The molecule has 0 aliphatic heterocycles. The third kappa shape index (κ3) is 2.46. The lowest BCUT2D eigenvalue weighted by atomic mass is 10.2. The number of carbonyl (C=O) groups is 1. The lowest BCUT2D eigenvalue weighted by Crippen LogP contribution is -2.02. The van der Waals surface area contributed by atoms with Crippen LogP contribution in [-0.2, 0) is 11.2 Å². The van der Waals surface area contributed by atoms with Crippen LogP contribution >= 0.6 is 34.8 Å². The summed E-state index contributed by atoms with van der Waals surface area (Å²) in [5.74, 6) is -1.02. The summed E-state index contributed by atoms with van der Waals surface area (Å²) in [6.07, 6.45) is 1.01. The number of nitrogens with zero attached hydrogens (tertiary/aromatic N) is 1. The molecule has 13 heavy (non-hydrogen) atoms. The second-order valence-electron chi connectivity index (χ2n) is 2.26. The van der Waals surface area contributed by atoms with E-state index >= 15 is 0 Å². The average Bonchev–Trinajstić information content (AvgIpc) is 2.05. The molecule has 0 aliphatic rings. The third-order valence-electron chi connectivity index (χ3n) is 1.35. The van der Waals surface area contributed by atoms with Crippen molar-refractivity contribution in [2.45, 2.75) is 6.42 Å². The van der Waals surface area contributed by atoms with E-state index in [1.807, 2.05) is 0 Å². The Bertz CT molecular complexity index is 354. The summed E-state index contributed by atoms with van der Waals surface area (Å²) in [5, 5.41) is 8.88. The highest BCUT2D eigenvalue weighted by Gasteiger charge is 2.13. The Kier molecular flexibility index (Phi) is 3.36. The van der Waals surface area contributed by atoms with Crippen LogP contribution in [0, 0.1) is 0 Å². The van der Waals surface area contributed by atoms with E-state index < -0.39 is 5.97 Å². The number of hydrogen-bond donors (Lipinski definition) is 1. The normalized spacial score (nSPS) is 10.1. The summed E-state index contributed by atoms with van der Waals surface area (Å²) in [4.78, 5) is 14.1. The van der Waals surface area contributed by atoms with Crippen LogP contribution in [0.15, 0.2) is 6.20 Å². The standard InChI is InChI=1S/C7H4Cl3NO2/c8-4-2-11-7(10)6(9)3(4)1-5(12)13/h2H,1H2,(H,12,13). The molecule has 0 atom stereocenters. The molecular weight excluding hydrogens is 236 g/mol. The van der Waals surface area contributed by atoms with Crippen molar-refractivity contribution in [1.82, 2.24) is 4.98 Å². The van der Waals surface area contributed by atoms with Gasteiger partial charge in [-0.3, -0.25) is 4.79 Å². The fourth-order valence-corrected chi connectivity index (χ4v) is 1.43. The number of hydrogen-bond acceptors (Lipinski definition) is 2. The molecule has 0 saturated carbocycles. The molecule has 3 nitrogen and oxygen atoms in total. The van der Waals surface area contributed by atoms with E-state index in [1.54, 1.807) is 0 Å². The van der Waals surface area contributed by atoms with Crippen molar-refractivity contribution in [1.29, 1.82) is 0 Å². The Morgan fingerprint density at radius 2 is 2.08 bits per heavy atom. The van der Waals surface area contributed by atoms with Gasteiger partial charge in [-0.2, -0.15) is 0 Å². The molecule has 0 spiro atoms. The number of carboxylic acid groups (broad SMARTS) is 1. The van der Waals surface area contributed by atoms with Crippen LogP contribution in [-0.4, -0.2) is 16.1 Å². The molecule has 0 fully saturated rings. The molecule has 1 rings (SSSR count). The number of halogens is 3. The molecule has 0 aliphatic carbocycles. The van der Waals surface area contributed by atoms with Crippen molar-refractivity contribution in [3.8, 4) is 0 Å². The molecule has 0 saturated heterocycles. The van der Waals surface area contributed by atoms with Crippen LogP contribution in [0.4, 0.5) is 0 Å². The Morgan fingerprint density at radius 3 is 2.62 bits per heavy atom. The van der Waals surface area contributed by atoms with Crippen molar-refractivity contribution < 1.29 is 9.90 Å².